The van der Waals surface area contributed by atoms with Crippen LogP contribution in [0.5, 0.6) is 0 Å². The van der Waals surface area contributed by atoms with Crippen LogP contribution in [0.3, 0.4) is 0 Å². The summed E-state index contributed by atoms with van der Waals surface area (Å²) in [5.74, 6) is -2.03. The van der Waals surface area contributed by atoms with Crippen LogP contribution < -0.4 is 5.73 Å². The molecule has 1 aromatic rings. The van der Waals surface area contributed by atoms with Gasteiger partial charge in [-0.05, 0) is 18.2 Å². The third-order valence-corrected chi connectivity index (χ3v) is 2.39. The first-order valence-corrected chi connectivity index (χ1v) is 5.40. The molecule has 1 atom stereocenters. The van der Waals surface area contributed by atoms with Gasteiger partial charge in [-0.25, -0.2) is 8.78 Å². The molecule has 0 radical (unpaired) electrons. The number of carbonyl (C=O) groups is 1. The molecule has 0 fully saturated rings. The second-order valence-corrected chi connectivity index (χ2v) is 4.03. The van der Waals surface area contributed by atoms with Crippen molar-refractivity contribution < 1.29 is 18.3 Å². The third-order valence-electron chi connectivity index (χ3n) is 2.39. The minimum absolute atomic E-state index is 0.197. The predicted octanol–water partition coefficient (Wildman–Crippen LogP) is 1.01. The highest BCUT2D eigenvalue weighted by atomic mass is 19.1. The molecule has 18 heavy (non-hydrogen) atoms. The van der Waals surface area contributed by atoms with Crippen LogP contribution in [0.25, 0.3) is 0 Å². The minimum atomic E-state index is -0.756. The van der Waals surface area contributed by atoms with Gasteiger partial charge in [0.1, 0.15) is 11.6 Å². The molecule has 1 rings (SSSR count). The number of nitrogens with two attached hydrogens (primary N) is 1. The maximum atomic E-state index is 13.4. The molecule has 1 unspecified atom stereocenters. The molecule has 2 N–H and O–H groups in total. The average molecular weight is 258 g/mol. The summed E-state index contributed by atoms with van der Waals surface area (Å²) in [6.07, 6.45) is 0. The Kier molecular flexibility index (Phi) is 5.18. The zero-order valence-corrected chi connectivity index (χ0v) is 10.3. The Hall–Kier alpha value is -1.53. The van der Waals surface area contributed by atoms with Crippen molar-refractivity contribution in [1.82, 2.24) is 4.90 Å². The lowest BCUT2D eigenvalue weighted by Crippen LogP contribution is -2.41. The molecular formula is C12H16F2N2O2. The van der Waals surface area contributed by atoms with Gasteiger partial charge in [0, 0.05) is 26.7 Å². The number of rotatable bonds is 5. The molecule has 0 heterocycles. The molecule has 0 aliphatic carbocycles. The van der Waals surface area contributed by atoms with Crippen LogP contribution in [0.4, 0.5) is 8.78 Å². The number of hydrogen-bond donors (Lipinski definition) is 1. The average Bonchev–Trinajstić information content (AvgIpc) is 2.31. The van der Waals surface area contributed by atoms with Crippen molar-refractivity contribution in [2.75, 3.05) is 27.3 Å². The van der Waals surface area contributed by atoms with Crippen molar-refractivity contribution >= 4 is 5.91 Å². The zero-order chi connectivity index (χ0) is 13.7. The number of amides is 1. The molecule has 100 valence electrons. The monoisotopic (exact) mass is 258 g/mol. The van der Waals surface area contributed by atoms with Gasteiger partial charge in [-0.1, -0.05) is 0 Å². The van der Waals surface area contributed by atoms with Crippen molar-refractivity contribution in [2.24, 2.45) is 5.73 Å². The summed E-state index contributed by atoms with van der Waals surface area (Å²) in [6, 6.07) is 2.38. The summed E-state index contributed by atoms with van der Waals surface area (Å²) >= 11 is 0. The van der Waals surface area contributed by atoms with Crippen molar-refractivity contribution in [3.8, 4) is 0 Å². The smallest absolute Gasteiger partial charge is 0.256 e. The fraction of sp³-hybridized carbons (Fsp3) is 0.417. The number of halogens is 2. The molecule has 0 saturated carbocycles. The van der Waals surface area contributed by atoms with E-state index in [2.05, 4.69) is 0 Å². The van der Waals surface area contributed by atoms with Crippen LogP contribution in [-0.2, 0) is 4.74 Å². The van der Waals surface area contributed by atoms with Gasteiger partial charge < -0.3 is 15.4 Å². The van der Waals surface area contributed by atoms with Crippen LogP contribution in [0.1, 0.15) is 10.4 Å². The number of nitrogens with zero attached hydrogens (tertiary/aromatic N) is 1. The SMILES string of the molecule is COCC(N)CN(C)C(=O)c1cc(F)ccc1F. The van der Waals surface area contributed by atoms with Crippen LogP contribution in [-0.4, -0.2) is 44.2 Å². The normalized spacial score (nSPS) is 12.3. The van der Waals surface area contributed by atoms with E-state index in [1.165, 1.54) is 19.1 Å². The van der Waals surface area contributed by atoms with E-state index < -0.39 is 17.5 Å². The van der Waals surface area contributed by atoms with Crippen LogP contribution in [0, 0.1) is 11.6 Å². The van der Waals surface area contributed by atoms with Crippen molar-refractivity contribution in [1.29, 1.82) is 0 Å². The Balaban J connectivity index is 2.77. The Morgan fingerprint density at radius 3 is 2.78 bits per heavy atom. The van der Waals surface area contributed by atoms with Gasteiger partial charge in [0.15, 0.2) is 0 Å². The second kappa shape index (κ2) is 6.42. The van der Waals surface area contributed by atoms with Gasteiger partial charge in [-0.15, -0.1) is 0 Å². The number of benzene rings is 1. The van der Waals surface area contributed by atoms with Crippen LogP contribution >= 0.6 is 0 Å². The fourth-order valence-electron chi connectivity index (χ4n) is 1.57. The Bertz CT molecular complexity index is 427. The molecule has 6 heteroatoms. The molecule has 0 aromatic heterocycles. The van der Waals surface area contributed by atoms with E-state index >= 15 is 0 Å². The second-order valence-electron chi connectivity index (χ2n) is 4.03. The molecule has 0 aliphatic rings. The standard InChI is InChI=1S/C12H16F2N2O2/c1-16(6-9(15)7-18-2)12(17)10-5-8(13)3-4-11(10)14/h3-5,9H,6-7,15H2,1-2H3. The Morgan fingerprint density at radius 2 is 2.17 bits per heavy atom. The zero-order valence-electron chi connectivity index (χ0n) is 10.3. The highest BCUT2D eigenvalue weighted by Crippen LogP contribution is 2.12. The lowest BCUT2D eigenvalue weighted by Gasteiger charge is -2.21. The summed E-state index contributed by atoms with van der Waals surface area (Å²) in [5, 5.41) is 0. The molecular weight excluding hydrogens is 242 g/mol. The topological polar surface area (TPSA) is 55.6 Å². The lowest BCUT2D eigenvalue weighted by molar-refractivity contribution is 0.0759. The summed E-state index contributed by atoms with van der Waals surface area (Å²) in [5.41, 5.74) is 5.38. The van der Waals surface area contributed by atoms with E-state index in [1.807, 2.05) is 0 Å². The largest absolute Gasteiger partial charge is 0.383 e. The molecule has 0 aliphatic heterocycles. The molecule has 4 nitrogen and oxygen atoms in total. The van der Waals surface area contributed by atoms with E-state index in [1.54, 1.807) is 0 Å². The molecule has 1 aromatic carbocycles. The van der Waals surface area contributed by atoms with Gasteiger partial charge in [0.2, 0.25) is 0 Å². The van der Waals surface area contributed by atoms with Gasteiger partial charge in [-0.2, -0.15) is 0 Å². The van der Waals surface area contributed by atoms with Crippen molar-refractivity contribution in [2.45, 2.75) is 6.04 Å². The van der Waals surface area contributed by atoms with E-state index in [4.69, 9.17) is 10.5 Å². The van der Waals surface area contributed by atoms with E-state index in [9.17, 15) is 13.6 Å². The molecule has 0 saturated heterocycles. The molecule has 0 bridgehead atoms. The van der Waals surface area contributed by atoms with Crippen molar-refractivity contribution in [3.05, 3.63) is 35.4 Å². The Morgan fingerprint density at radius 1 is 1.50 bits per heavy atom. The third kappa shape index (κ3) is 3.75. The highest BCUT2D eigenvalue weighted by molar-refractivity contribution is 5.94. The summed E-state index contributed by atoms with van der Waals surface area (Å²) < 4.78 is 31.2. The van der Waals surface area contributed by atoms with Crippen LogP contribution in [0.2, 0.25) is 0 Å². The van der Waals surface area contributed by atoms with Crippen LogP contribution in [0.15, 0.2) is 18.2 Å². The number of ether oxygens (including phenoxy) is 1. The quantitative estimate of drug-likeness (QED) is 0.857. The summed E-state index contributed by atoms with van der Waals surface area (Å²) in [7, 11) is 2.97. The predicted molar refractivity (Wildman–Crippen MR) is 63.2 cm³/mol. The van der Waals surface area contributed by atoms with Gasteiger partial charge in [0.25, 0.3) is 5.91 Å². The van der Waals surface area contributed by atoms with Gasteiger partial charge >= 0.3 is 0 Å². The number of hydrogen-bond acceptors (Lipinski definition) is 3. The summed E-state index contributed by atoms with van der Waals surface area (Å²) in [4.78, 5) is 13.1. The maximum Gasteiger partial charge on any atom is 0.256 e. The van der Waals surface area contributed by atoms with Gasteiger partial charge in [-0.3, -0.25) is 4.79 Å². The molecule has 0 spiro atoms. The molecule has 1 amide bonds. The fourth-order valence-corrected chi connectivity index (χ4v) is 1.57. The van der Waals surface area contributed by atoms with E-state index in [0.717, 1.165) is 18.2 Å². The number of likely N-dealkylation sites (N-methyl/N-ethyl adjacent to an activating group) is 1. The van der Waals surface area contributed by atoms with E-state index in [0.29, 0.717) is 0 Å². The first kappa shape index (κ1) is 14.5. The first-order valence-electron chi connectivity index (χ1n) is 5.40. The Labute approximate surface area is 104 Å². The van der Waals surface area contributed by atoms with Crippen molar-refractivity contribution in [3.63, 3.8) is 0 Å². The lowest BCUT2D eigenvalue weighted by atomic mass is 10.1. The first-order chi connectivity index (χ1) is 8.45. The van der Waals surface area contributed by atoms with E-state index in [-0.39, 0.29) is 24.8 Å². The maximum absolute atomic E-state index is 13.4. The van der Waals surface area contributed by atoms with Gasteiger partial charge in [0.05, 0.1) is 12.2 Å². The summed E-state index contributed by atoms with van der Waals surface area (Å²) in [6.45, 7) is 0.478. The minimum Gasteiger partial charge on any atom is -0.383 e. The number of carbonyl (C=O) groups excluding carboxylic acids is 1. The number of methoxy groups -OCH3 is 1. The highest BCUT2D eigenvalue weighted by Gasteiger charge is 2.18.